The second-order valence-corrected chi connectivity index (χ2v) is 4.51. The molecule has 0 spiro atoms. The van der Waals surface area contributed by atoms with Crippen LogP contribution in [-0.4, -0.2) is 11.9 Å². The maximum Gasteiger partial charge on any atom is 0.343 e. The van der Waals surface area contributed by atoms with Gasteiger partial charge in [-0.1, -0.05) is 19.1 Å². The fraction of sp³-hybridized carbons (Fsp3) is 0.176. The first-order valence-electron chi connectivity index (χ1n) is 6.68. The second kappa shape index (κ2) is 6.70. The van der Waals surface area contributed by atoms with E-state index in [2.05, 4.69) is 6.92 Å². The van der Waals surface area contributed by atoms with Crippen molar-refractivity contribution in [2.45, 2.75) is 20.3 Å². The molecule has 0 atom stereocenters. The van der Waals surface area contributed by atoms with E-state index < -0.39 is 11.9 Å². The summed E-state index contributed by atoms with van der Waals surface area (Å²) in [6.45, 7) is 3.38. The van der Waals surface area contributed by atoms with Crippen molar-refractivity contribution < 1.29 is 19.1 Å². The minimum atomic E-state index is -0.450. The molecule has 108 valence electrons. The van der Waals surface area contributed by atoms with Crippen LogP contribution in [0.25, 0.3) is 0 Å². The number of carbonyl (C=O) groups excluding carboxylic acids is 2. The molecule has 0 radical (unpaired) electrons. The summed E-state index contributed by atoms with van der Waals surface area (Å²) in [5.74, 6) is 0.0441. The fourth-order valence-corrected chi connectivity index (χ4v) is 1.78. The monoisotopic (exact) mass is 284 g/mol. The molecule has 0 aliphatic rings. The zero-order valence-corrected chi connectivity index (χ0v) is 12.0. The summed E-state index contributed by atoms with van der Waals surface area (Å²) >= 11 is 0. The lowest BCUT2D eigenvalue weighted by molar-refractivity contribution is -0.131. The molecule has 2 rings (SSSR count). The lowest BCUT2D eigenvalue weighted by Crippen LogP contribution is -2.08. The van der Waals surface area contributed by atoms with E-state index in [1.54, 1.807) is 36.4 Å². The summed E-state index contributed by atoms with van der Waals surface area (Å²) in [5.41, 5.74) is 1.58. The molecule has 21 heavy (non-hydrogen) atoms. The summed E-state index contributed by atoms with van der Waals surface area (Å²) in [4.78, 5) is 22.8. The lowest BCUT2D eigenvalue weighted by Gasteiger charge is -2.06. The lowest BCUT2D eigenvalue weighted by atomic mass is 10.2. The Hall–Kier alpha value is -2.62. The smallest absolute Gasteiger partial charge is 0.343 e. The third-order valence-corrected chi connectivity index (χ3v) is 2.89. The number of rotatable bonds is 4. The molecule has 0 heterocycles. The number of hydrogen-bond acceptors (Lipinski definition) is 4. The van der Waals surface area contributed by atoms with Crippen LogP contribution in [0.15, 0.2) is 48.5 Å². The van der Waals surface area contributed by atoms with Crippen LogP contribution in [0.3, 0.4) is 0 Å². The summed E-state index contributed by atoms with van der Waals surface area (Å²) < 4.78 is 10.2. The van der Waals surface area contributed by atoms with Gasteiger partial charge in [0.2, 0.25) is 0 Å². The van der Waals surface area contributed by atoms with Crippen LogP contribution in [0.4, 0.5) is 0 Å². The molecule has 0 unspecified atom stereocenters. The Morgan fingerprint density at radius 2 is 1.38 bits per heavy atom. The minimum absolute atomic E-state index is 0.394. The molecule has 0 saturated carbocycles. The van der Waals surface area contributed by atoms with Gasteiger partial charge >= 0.3 is 11.9 Å². The van der Waals surface area contributed by atoms with Crippen LogP contribution in [0, 0.1) is 0 Å². The Bertz CT molecular complexity index is 627. The highest BCUT2D eigenvalue weighted by Crippen LogP contribution is 2.17. The number of ether oxygens (including phenoxy) is 2. The van der Waals surface area contributed by atoms with Gasteiger partial charge in [0.25, 0.3) is 0 Å². The van der Waals surface area contributed by atoms with Gasteiger partial charge in [0.05, 0.1) is 5.56 Å². The molecular formula is C17H16O4. The fourth-order valence-electron chi connectivity index (χ4n) is 1.78. The Kier molecular flexibility index (Phi) is 4.72. The Morgan fingerprint density at radius 1 is 0.857 bits per heavy atom. The number of hydrogen-bond donors (Lipinski definition) is 0. The van der Waals surface area contributed by atoms with Gasteiger partial charge in [-0.15, -0.1) is 0 Å². The Balaban J connectivity index is 2.03. The van der Waals surface area contributed by atoms with Crippen molar-refractivity contribution in [2.75, 3.05) is 0 Å². The molecule has 2 aromatic carbocycles. The molecule has 0 aromatic heterocycles. The van der Waals surface area contributed by atoms with Crippen LogP contribution in [0.1, 0.15) is 29.8 Å². The topological polar surface area (TPSA) is 52.6 Å². The van der Waals surface area contributed by atoms with Crippen LogP contribution >= 0.6 is 0 Å². The van der Waals surface area contributed by atoms with E-state index in [0.717, 1.165) is 6.42 Å². The number of esters is 2. The summed E-state index contributed by atoms with van der Waals surface area (Å²) in [5, 5.41) is 0. The average Bonchev–Trinajstić information content (AvgIpc) is 2.48. The van der Waals surface area contributed by atoms with Gasteiger partial charge in [-0.2, -0.15) is 0 Å². The van der Waals surface area contributed by atoms with Crippen LogP contribution in [0.5, 0.6) is 11.5 Å². The highest BCUT2D eigenvalue weighted by molar-refractivity contribution is 5.91. The normalized spacial score (nSPS) is 10.0. The minimum Gasteiger partial charge on any atom is -0.427 e. The highest BCUT2D eigenvalue weighted by atomic mass is 16.5. The Morgan fingerprint density at radius 3 is 1.90 bits per heavy atom. The van der Waals surface area contributed by atoms with E-state index in [1.807, 2.05) is 12.1 Å². The van der Waals surface area contributed by atoms with Crippen molar-refractivity contribution in [3.05, 3.63) is 59.7 Å². The van der Waals surface area contributed by atoms with E-state index in [4.69, 9.17) is 9.47 Å². The molecule has 0 saturated heterocycles. The standard InChI is InChI=1S/C17H16O4/c1-3-13-4-8-16(9-5-13)21-17(19)14-6-10-15(11-7-14)20-12(2)18/h4-11H,3H2,1-2H3. The van der Waals surface area contributed by atoms with E-state index in [0.29, 0.717) is 17.1 Å². The zero-order valence-electron chi connectivity index (χ0n) is 12.0. The number of benzene rings is 2. The SMILES string of the molecule is CCc1ccc(OC(=O)c2ccc(OC(C)=O)cc2)cc1. The van der Waals surface area contributed by atoms with Gasteiger partial charge in [0.15, 0.2) is 0 Å². The molecule has 0 amide bonds. The van der Waals surface area contributed by atoms with Gasteiger partial charge < -0.3 is 9.47 Å². The van der Waals surface area contributed by atoms with Crippen molar-refractivity contribution in [2.24, 2.45) is 0 Å². The van der Waals surface area contributed by atoms with Crippen molar-refractivity contribution in [1.29, 1.82) is 0 Å². The summed E-state index contributed by atoms with van der Waals surface area (Å²) in [6, 6.07) is 13.6. The molecule has 2 aromatic rings. The maximum atomic E-state index is 12.0. The highest BCUT2D eigenvalue weighted by Gasteiger charge is 2.09. The molecule has 0 aliphatic carbocycles. The predicted molar refractivity (Wildman–Crippen MR) is 78.5 cm³/mol. The molecule has 4 heteroatoms. The Labute approximate surface area is 123 Å². The molecular weight excluding hydrogens is 268 g/mol. The van der Waals surface area contributed by atoms with Crippen molar-refractivity contribution in [1.82, 2.24) is 0 Å². The van der Waals surface area contributed by atoms with Gasteiger partial charge in [-0.05, 0) is 48.4 Å². The zero-order chi connectivity index (χ0) is 15.2. The number of aryl methyl sites for hydroxylation is 1. The van der Waals surface area contributed by atoms with Crippen LogP contribution in [0.2, 0.25) is 0 Å². The first-order chi connectivity index (χ1) is 10.1. The van der Waals surface area contributed by atoms with Gasteiger partial charge in [-0.3, -0.25) is 4.79 Å². The molecule has 0 fully saturated rings. The van der Waals surface area contributed by atoms with E-state index in [-0.39, 0.29) is 0 Å². The van der Waals surface area contributed by atoms with Crippen molar-refractivity contribution in [3.8, 4) is 11.5 Å². The summed E-state index contributed by atoms with van der Waals surface area (Å²) in [6.07, 6.45) is 0.936. The first-order valence-corrected chi connectivity index (χ1v) is 6.68. The van der Waals surface area contributed by atoms with E-state index in [9.17, 15) is 9.59 Å². The van der Waals surface area contributed by atoms with Crippen LogP contribution < -0.4 is 9.47 Å². The van der Waals surface area contributed by atoms with E-state index >= 15 is 0 Å². The van der Waals surface area contributed by atoms with Gasteiger partial charge in [0.1, 0.15) is 11.5 Å². The number of carbonyl (C=O) groups is 2. The third-order valence-electron chi connectivity index (χ3n) is 2.89. The molecule has 0 N–H and O–H groups in total. The van der Waals surface area contributed by atoms with Gasteiger partial charge in [0, 0.05) is 6.92 Å². The largest absolute Gasteiger partial charge is 0.427 e. The van der Waals surface area contributed by atoms with Crippen molar-refractivity contribution in [3.63, 3.8) is 0 Å². The third kappa shape index (κ3) is 4.18. The predicted octanol–water partition coefficient (Wildman–Crippen LogP) is 3.39. The molecule has 4 nitrogen and oxygen atoms in total. The maximum absolute atomic E-state index is 12.0. The molecule has 0 aliphatic heterocycles. The van der Waals surface area contributed by atoms with Crippen LogP contribution in [-0.2, 0) is 11.2 Å². The first kappa shape index (κ1) is 14.8. The summed E-state index contributed by atoms with van der Waals surface area (Å²) in [7, 11) is 0. The molecule has 0 bridgehead atoms. The second-order valence-electron chi connectivity index (χ2n) is 4.51. The van der Waals surface area contributed by atoms with E-state index in [1.165, 1.54) is 12.5 Å². The van der Waals surface area contributed by atoms with Gasteiger partial charge in [-0.25, -0.2) is 4.79 Å². The quantitative estimate of drug-likeness (QED) is 0.638. The average molecular weight is 284 g/mol. The van der Waals surface area contributed by atoms with Crippen molar-refractivity contribution >= 4 is 11.9 Å².